The summed E-state index contributed by atoms with van der Waals surface area (Å²) in [6.07, 6.45) is 3.03. The normalized spacial score (nSPS) is 12.0. The number of carbonyl (C=O) groups excluding carboxylic acids is 1. The summed E-state index contributed by atoms with van der Waals surface area (Å²) in [5.74, 6) is 0.186. The smallest absolute Gasteiger partial charge is 0.223 e. The summed E-state index contributed by atoms with van der Waals surface area (Å²) in [5, 5.41) is 2.37. The third-order valence-corrected chi connectivity index (χ3v) is 4.47. The second-order valence-corrected chi connectivity index (χ2v) is 7.20. The van der Waals surface area contributed by atoms with Crippen molar-refractivity contribution in [2.75, 3.05) is 6.54 Å². The van der Waals surface area contributed by atoms with E-state index in [1.165, 1.54) is 10.8 Å². The van der Waals surface area contributed by atoms with Crippen molar-refractivity contribution in [1.29, 1.82) is 0 Å². The highest BCUT2D eigenvalue weighted by atomic mass is 16.2. The summed E-state index contributed by atoms with van der Waals surface area (Å²) >= 11 is 0. The molecular formula is C20H25N3O. The number of amides is 1. The number of H-pyrrole nitrogens is 1. The van der Waals surface area contributed by atoms with E-state index in [-0.39, 0.29) is 11.4 Å². The Kier molecular flexibility index (Phi) is 4.31. The molecule has 3 aromatic rings. The predicted molar refractivity (Wildman–Crippen MR) is 99.1 cm³/mol. The fourth-order valence-corrected chi connectivity index (χ4v) is 3.32. The minimum absolute atomic E-state index is 0.139. The maximum absolute atomic E-state index is 12.5. The first-order valence-corrected chi connectivity index (χ1v) is 8.56. The average Bonchev–Trinajstić information content (AvgIpc) is 2.90. The van der Waals surface area contributed by atoms with Crippen molar-refractivity contribution in [1.82, 2.24) is 14.9 Å². The Morgan fingerprint density at radius 3 is 2.62 bits per heavy atom. The van der Waals surface area contributed by atoms with Crippen molar-refractivity contribution in [2.45, 2.75) is 46.1 Å². The molecule has 1 N–H and O–H groups in total. The zero-order valence-corrected chi connectivity index (χ0v) is 14.9. The van der Waals surface area contributed by atoms with Crippen LogP contribution in [0.25, 0.3) is 21.8 Å². The molecule has 0 radical (unpaired) electrons. The molecule has 3 rings (SSSR count). The number of aryl methyl sites for hydroxylation is 1. The monoisotopic (exact) mass is 323 g/mol. The molecule has 24 heavy (non-hydrogen) atoms. The van der Waals surface area contributed by atoms with Gasteiger partial charge in [-0.3, -0.25) is 9.78 Å². The fraction of sp³-hybridized carbons (Fsp3) is 0.400. The zero-order valence-electron chi connectivity index (χ0n) is 14.9. The number of pyridine rings is 1. The van der Waals surface area contributed by atoms with Crippen molar-refractivity contribution in [3.8, 4) is 0 Å². The van der Waals surface area contributed by atoms with Crippen molar-refractivity contribution in [3.05, 3.63) is 42.2 Å². The number of nitrogens with zero attached hydrogens (tertiary/aromatic N) is 2. The Hall–Kier alpha value is -2.36. The molecule has 0 saturated carbocycles. The average molecular weight is 323 g/mol. The Bertz CT molecular complexity index is 873. The molecule has 4 nitrogen and oxygen atoms in total. The standard InChI is InChI=1S/C20H25N3O/c1-5-23(20(2,3)4)19(24)11-10-14-12-16-15-8-6-7-9-17(15)22-18(16)13-21-14/h6-9,12-13,22H,5,10-11H2,1-4H3. The molecule has 1 aromatic carbocycles. The molecule has 1 amide bonds. The molecule has 0 atom stereocenters. The Labute approximate surface area is 142 Å². The Morgan fingerprint density at radius 2 is 1.92 bits per heavy atom. The first-order chi connectivity index (χ1) is 11.4. The lowest BCUT2D eigenvalue weighted by Crippen LogP contribution is -2.45. The van der Waals surface area contributed by atoms with Crippen LogP contribution < -0.4 is 0 Å². The van der Waals surface area contributed by atoms with E-state index in [2.05, 4.69) is 48.9 Å². The number of nitrogens with one attached hydrogen (secondary N) is 1. The van der Waals surface area contributed by atoms with Gasteiger partial charge in [-0.25, -0.2) is 0 Å². The van der Waals surface area contributed by atoms with Crippen LogP contribution in [-0.4, -0.2) is 32.9 Å². The lowest BCUT2D eigenvalue weighted by molar-refractivity contribution is -0.135. The predicted octanol–water partition coefficient (Wildman–Crippen LogP) is 4.30. The van der Waals surface area contributed by atoms with Crippen LogP contribution in [0.15, 0.2) is 36.5 Å². The molecular weight excluding hydrogens is 298 g/mol. The van der Waals surface area contributed by atoms with Gasteiger partial charge in [0.05, 0.1) is 11.7 Å². The molecule has 2 heterocycles. The number of carbonyl (C=O) groups is 1. The molecule has 4 heteroatoms. The van der Waals surface area contributed by atoms with Crippen LogP contribution in [0.2, 0.25) is 0 Å². The molecule has 0 unspecified atom stereocenters. The molecule has 0 fully saturated rings. The molecule has 0 saturated heterocycles. The highest BCUT2D eigenvalue weighted by Crippen LogP contribution is 2.25. The summed E-state index contributed by atoms with van der Waals surface area (Å²) in [5.41, 5.74) is 2.98. The van der Waals surface area contributed by atoms with Gasteiger partial charge in [0.2, 0.25) is 5.91 Å². The third kappa shape index (κ3) is 3.14. The van der Waals surface area contributed by atoms with Gasteiger partial charge in [-0.1, -0.05) is 18.2 Å². The van der Waals surface area contributed by atoms with Gasteiger partial charge < -0.3 is 9.88 Å². The van der Waals surface area contributed by atoms with E-state index >= 15 is 0 Å². The number of fused-ring (bicyclic) bond motifs is 3. The molecule has 0 spiro atoms. The second kappa shape index (κ2) is 6.27. The summed E-state index contributed by atoms with van der Waals surface area (Å²) in [6.45, 7) is 8.98. The minimum atomic E-state index is -0.139. The van der Waals surface area contributed by atoms with Crippen LogP contribution >= 0.6 is 0 Å². The molecule has 0 aliphatic carbocycles. The zero-order chi connectivity index (χ0) is 17.3. The van der Waals surface area contributed by atoms with Crippen LogP contribution in [0.1, 0.15) is 39.8 Å². The van der Waals surface area contributed by atoms with Gasteiger partial charge in [0, 0.05) is 40.5 Å². The van der Waals surface area contributed by atoms with Gasteiger partial charge in [0.1, 0.15) is 0 Å². The lowest BCUT2D eigenvalue weighted by Gasteiger charge is -2.35. The number of rotatable bonds is 4. The molecule has 0 aliphatic heterocycles. The summed E-state index contributed by atoms with van der Waals surface area (Å²) in [4.78, 5) is 22.3. The van der Waals surface area contributed by atoms with E-state index in [0.717, 1.165) is 23.3 Å². The van der Waals surface area contributed by atoms with Crippen molar-refractivity contribution in [3.63, 3.8) is 0 Å². The topological polar surface area (TPSA) is 49.0 Å². The quantitative estimate of drug-likeness (QED) is 0.778. The SMILES string of the molecule is CCN(C(=O)CCc1cc2c(cn1)[nH]c1ccccc12)C(C)(C)C. The van der Waals surface area contributed by atoms with Crippen molar-refractivity contribution < 1.29 is 4.79 Å². The van der Waals surface area contributed by atoms with Crippen LogP contribution in [0.3, 0.4) is 0 Å². The Balaban J connectivity index is 1.80. The first-order valence-electron chi connectivity index (χ1n) is 8.56. The van der Waals surface area contributed by atoms with E-state index in [4.69, 9.17) is 0 Å². The van der Waals surface area contributed by atoms with Gasteiger partial charge in [0.15, 0.2) is 0 Å². The minimum Gasteiger partial charge on any atom is -0.353 e. The number of aromatic amines is 1. The van der Waals surface area contributed by atoms with Crippen molar-refractivity contribution in [2.24, 2.45) is 0 Å². The van der Waals surface area contributed by atoms with Crippen LogP contribution in [0, 0.1) is 0 Å². The van der Waals surface area contributed by atoms with Gasteiger partial charge in [-0.2, -0.15) is 0 Å². The number of benzene rings is 1. The Morgan fingerprint density at radius 1 is 1.17 bits per heavy atom. The maximum Gasteiger partial charge on any atom is 0.223 e. The maximum atomic E-state index is 12.5. The van der Waals surface area contributed by atoms with Gasteiger partial charge in [-0.15, -0.1) is 0 Å². The van der Waals surface area contributed by atoms with E-state index in [1.54, 1.807) is 0 Å². The van der Waals surface area contributed by atoms with E-state index in [0.29, 0.717) is 12.8 Å². The molecule has 0 aliphatic rings. The van der Waals surface area contributed by atoms with Crippen LogP contribution in [-0.2, 0) is 11.2 Å². The first kappa shape index (κ1) is 16.5. The highest BCUT2D eigenvalue weighted by molar-refractivity contribution is 6.06. The van der Waals surface area contributed by atoms with Gasteiger partial charge >= 0.3 is 0 Å². The fourth-order valence-electron chi connectivity index (χ4n) is 3.32. The van der Waals surface area contributed by atoms with Crippen LogP contribution in [0.5, 0.6) is 0 Å². The van der Waals surface area contributed by atoms with E-state index in [9.17, 15) is 4.79 Å². The number of aromatic nitrogens is 2. The number of para-hydroxylation sites is 1. The summed E-state index contributed by atoms with van der Waals surface area (Å²) in [7, 11) is 0. The van der Waals surface area contributed by atoms with Gasteiger partial charge in [-0.05, 0) is 46.2 Å². The molecule has 126 valence electrons. The highest BCUT2D eigenvalue weighted by Gasteiger charge is 2.24. The van der Waals surface area contributed by atoms with Gasteiger partial charge in [0.25, 0.3) is 0 Å². The largest absolute Gasteiger partial charge is 0.353 e. The lowest BCUT2D eigenvalue weighted by atomic mass is 10.0. The summed E-state index contributed by atoms with van der Waals surface area (Å²) < 4.78 is 0. The summed E-state index contributed by atoms with van der Waals surface area (Å²) in [6, 6.07) is 10.4. The van der Waals surface area contributed by atoms with Crippen molar-refractivity contribution >= 4 is 27.7 Å². The third-order valence-electron chi connectivity index (χ3n) is 4.47. The van der Waals surface area contributed by atoms with Crippen LogP contribution in [0.4, 0.5) is 0 Å². The second-order valence-electron chi connectivity index (χ2n) is 7.20. The van der Waals surface area contributed by atoms with E-state index < -0.39 is 0 Å². The number of hydrogen-bond donors (Lipinski definition) is 1. The molecule has 2 aromatic heterocycles. The van der Waals surface area contributed by atoms with E-state index in [1.807, 2.05) is 30.2 Å². The number of hydrogen-bond acceptors (Lipinski definition) is 2. The molecule has 0 bridgehead atoms.